The smallest absolute Gasteiger partial charge is 0.303 e. The fourth-order valence-electron chi connectivity index (χ4n) is 3.95. The summed E-state index contributed by atoms with van der Waals surface area (Å²) >= 11 is 0. The van der Waals surface area contributed by atoms with Crippen molar-refractivity contribution in [2.24, 2.45) is 5.92 Å². The first-order valence-corrected chi connectivity index (χ1v) is 10.6. The highest BCUT2D eigenvalue weighted by atomic mass is 16.7. The third-order valence-corrected chi connectivity index (χ3v) is 5.79. The summed E-state index contributed by atoms with van der Waals surface area (Å²) in [5.41, 5.74) is 2.83. The monoisotopic (exact) mass is 404 g/mol. The van der Waals surface area contributed by atoms with Crippen LogP contribution in [0.2, 0.25) is 0 Å². The van der Waals surface area contributed by atoms with E-state index in [0.717, 1.165) is 31.3 Å². The molecule has 1 fully saturated rings. The van der Waals surface area contributed by atoms with Crippen molar-refractivity contribution in [3.63, 3.8) is 0 Å². The van der Waals surface area contributed by atoms with E-state index >= 15 is 0 Å². The summed E-state index contributed by atoms with van der Waals surface area (Å²) in [4.78, 5) is 23.9. The van der Waals surface area contributed by atoms with E-state index in [9.17, 15) is 9.59 Å². The topological polar surface area (TPSA) is 65.1 Å². The minimum atomic E-state index is -0.691. The van der Waals surface area contributed by atoms with Crippen LogP contribution < -0.4 is 0 Å². The molecule has 5 nitrogen and oxygen atoms in total. The highest BCUT2D eigenvalue weighted by Crippen LogP contribution is 2.47. The predicted octanol–water partition coefficient (Wildman–Crippen LogP) is 5.06. The lowest BCUT2D eigenvalue weighted by atomic mass is 9.85. The van der Waals surface area contributed by atoms with Crippen LogP contribution in [0.5, 0.6) is 0 Å². The van der Waals surface area contributed by atoms with Crippen LogP contribution in [0, 0.1) is 5.92 Å². The normalized spacial score (nSPS) is 36.3. The summed E-state index contributed by atoms with van der Waals surface area (Å²) in [7, 11) is 0. The van der Waals surface area contributed by atoms with Gasteiger partial charge in [0, 0.05) is 13.8 Å². The van der Waals surface area contributed by atoms with Crippen molar-refractivity contribution in [3.05, 3.63) is 34.9 Å². The molecule has 2 aliphatic rings. The second-order valence-electron chi connectivity index (χ2n) is 8.81. The molecule has 0 N–H and O–H groups in total. The number of carbonyl (C=O) groups is 2. The molecule has 0 bridgehead atoms. The Morgan fingerprint density at radius 3 is 2.31 bits per heavy atom. The van der Waals surface area contributed by atoms with Gasteiger partial charge in [-0.3, -0.25) is 9.59 Å². The molecule has 0 aromatic carbocycles. The van der Waals surface area contributed by atoms with Crippen molar-refractivity contribution in [2.45, 2.75) is 98.1 Å². The molecular weight excluding hydrogens is 368 g/mol. The summed E-state index contributed by atoms with van der Waals surface area (Å²) in [5, 5.41) is 0. The number of rotatable bonds is 3. The Morgan fingerprint density at radius 1 is 1.07 bits per heavy atom. The Kier molecular flexibility index (Phi) is 7.87. The van der Waals surface area contributed by atoms with Gasteiger partial charge in [-0.05, 0) is 57.9 Å². The molecule has 1 aliphatic carbocycles. The third-order valence-electron chi connectivity index (χ3n) is 5.79. The number of ether oxygens (including phenoxy) is 3. The molecule has 0 radical (unpaired) electrons. The second kappa shape index (κ2) is 9.75. The third kappa shape index (κ3) is 6.30. The molecule has 162 valence electrons. The Labute approximate surface area is 175 Å². The van der Waals surface area contributed by atoms with Crippen LogP contribution >= 0.6 is 0 Å². The van der Waals surface area contributed by atoms with E-state index in [-0.39, 0.29) is 12.0 Å². The number of allylic oxidation sites excluding steroid dienone is 5. The number of hydrogen-bond acceptors (Lipinski definition) is 5. The first kappa shape index (κ1) is 23.4. The molecule has 0 spiro atoms. The average Bonchev–Trinajstić information content (AvgIpc) is 3.27. The molecule has 1 aliphatic heterocycles. The number of fused-ring (bicyclic) bond motifs is 1. The van der Waals surface area contributed by atoms with Crippen LogP contribution in [0.4, 0.5) is 0 Å². The second-order valence-corrected chi connectivity index (χ2v) is 8.81. The molecular formula is C24H36O5. The maximum atomic E-state index is 12.0. The lowest BCUT2D eigenvalue weighted by molar-refractivity contribution is -0.167. The largest absolute Gasteiger partial charge is 0.455 e. The standard InChI is InChI=1S/C24H36O5/c1-15(2)20-13-11-16(3)9-8-10-17(4)12-14-21-24(7,29-21)23(28-19(6)26)22(20)27-18(5)25/h10-11,13,15,21-23H,8-9,12,14H2,1-7H3/b16-11-,17-10-,20-13-/t21-,22-,23+,24-/m1/s1. The quantitative estimate of drug-likeness (QED) is 0.374. The van der Waals surface area contributed by atoms with Crippen LogP contribution in [-0.4, -0.2) is 35.9 Å². The molecule has 0 unspecified atom stereocenters. The Balaban J connectivity index is 2.53. The van der Waals surface area contributed by atoms with E-state index in [2.05, 4.69) is 39.8 Å². The minimum Gasteiger partial charge on any atom is -0.455 e. The molecule has 29 heavy (non-hydrogen) atoms. The summed E-state index contributed by atoms with van der Waals surface area (Å²) in [6.07, 6.45) is 8.74. The van der Waals surface area contributed by atoms with Gasteiger partial charge in [0.25, 0.3) is 0 Å². The Bertz CT molecular complexity index is 715. The Morgan fingerprint density at radius 2 is 1.72 bits per heavy atom. The molecule has 0 aromatic rings. The molecule has 4 atom stereocenters. The van der Waals surface area contributed by atoms with E-state index in [4.69, 9.17) is 14.2 Å². The van der Waals surface area contributed by atoms with Crippen molar-refractivity contribution in [2.75, 3.05) is 0 Å². The van der Waals surface area contributed by atoms with Crippen molar-refractivity contribution >= 4 is 11.9 Å². The van der Waals surface area contributed by atoms with Crippen LogP contribution in [0.3, 0.4) is 0 Å². The zero-order valence-corrected chi connectivity index (χ0v) is 18.9. The molecule has 2 rings (SSSR count). The van der Waals surface area contributed by atoms with Gasteiger partial charge >= 0.3 is 11.9 Å². The predicted molar refractivity (Wildman–Crippen MR) is 113 cm³/mol. The van der Waals surface area contributed by atoms with Gasteiger partial charge in [-0.25, -0.2) is 0 Å². The maximum Gasteiger partial charge on any atom is 0.303 e. The first-order chi connectivity index (χ1) is 13.5. The van der Waals surface area contributed by atoms with Gasteiger partial charge in [-0.15, -0.1) is 0 Å². The van der Waals surface area contributed by atoms with Crippen molar-refractivity contribution in [1.82, 2.24) is 0 Å². The molecule has 0 aromatic heterocycles. The Hall–Kier alpha value is -1.88. The molecule has 0 amide bonds. The fraction of sp³-hybridized carbons (Fsp3) is 0.667. The zero-order valence-electron chi connectivity index (χ0n) is 18.9. The van der Waals surface area contributed by atoms with Gasteiger partial charge in [0.15, 0.2) is 12.2 Å². The van der Waals surface area contributed by atoms with E-state index < -0.39 is 29.7 Å². The summed E-state index contributed by atoms with van der Waals surface area (Å²) in [6, 6.07) is 0. The fourth-order valence-corrected chi connectivity index (χ4v) is 3.95. The van der Waals surface area contributed by atoms with Crippen molar-refractivity contribution < 1.29 is 23.8 Å². The number of esters is 2. The van der Waals surface area contributed by atoms with E-state index in [1.807, 2.05) is 13.0 Å². The summed E-state index contributed by atoms with van der Waals surface area (Å²) in [6.45, 7) is 13.1. The van der Waals surface area contributed by atoms with Crippen molar-refractivity contribution in [3.8, 4) is 0 Å². The molecule has 0 saturated carbocycles. The lowest BCUT2D eigenvalue weighted by Crippen LogP contribution is -2.47. The zero-order chi connectivity index (χ0) is 21.8. The van der Waals surface area contributed by atoms with Crippen LogP contribution in [-0.2, 0) is 23.8 Å². The van der Waals surface area contributed by atoms with E-state index in [1.54, 1.807) is 0 Å². The molecule has 1 heterocycles. The minimum absolute atomic E-state index is 0.0399. The molecule has 1 saturated heterocycles. The number of hydrogen-bond donors (Lipinski definition) is 0. The highest BCUT2D eigenvalue weighted by molar-refractivity contribution is 5.68. The average molecular weight is 405 g/mol. The van der Waals surface area contributed by atoms with Crippen molar-refractivity contribution in [1.29, 1.82) is 0 Å². The summed E-state index contributed by atoms with van der Waals surface area (Å²) in [5.74, 6) is -0.702. The lowest BCUT2D eigenvalue weighted by Gasteiger charge is -2.32. The first-order valence-electron chi connectivity index (χ1n) is 10.6. The molecule has 5 heteroatoms. The van der Waals surface area contributed by atoms with Gasteiger partial charge in [0.2, 0.25) is 0 Å². The van der Waals surface area contributed by atoms with Gasteiger partial charge in [-0.2, -0.15) is 0 Å². The summed E-state index contributed by atoms with van der Waals surface area (Å²) < 4.78 is 17.6. The van der Waals surface area contributed by atoms with Gasteiger partial charge < -0.3 is 14.2 Å². The van der Waals surface area contributed by atoms with E-state index in [1.165, 1.54) is 25.0 Å². The maximum absolute atomic E-state index is 12.0. The van der Waals surface area contributed by atoms with Crippen LogP contribution in [0.25, 0.3) is 0 Å². The van der Waals surface area contributed by atoms with Gasteiger partial charge in [0.1, 0.15) is 5.60 Å². The van der Waals surface area contributed by atoms with Gasteiger partial charge in [-0.1, -0.05) is 43.2 Å². The number of epoxide rings is 1. The van der Waals surface area contributed by atoms with Crippen LogP contribution in [0.1, 0.15) is 74.1 Å². The van der Waals surface area contributed by atoms with E-state index in [0.29, 0.717) is 0 Å². The van der Waals surface area contributed by atoms with Gasteiger partial charge in [0.05, 0.1) is 6.10 Å². The van der Waals surface area contributed by atoms with Crippen LogP contribution in [0.15, 0.2) is 34.9 Å². The highest BCUT2D eigenvalue weighted by Gasteiger charge is 2.62. The number of carbonyl (C=O) groups excluding carboxylic acids is 2. The SMILES string of the molecule is CC(=O)O[C@@H]1/C(C(C)C)=C\C=C(\C)CC/C=C(/C)CC[C@H]2O[C@@]2(C)[C@H]1OC(C)=O.